The summed E-state index contributed by atoms with van der Waals surface area (Å²) in [6, 6.07) is 3.31. The molecule has 0 aromatic heterocycles. The fourth-order valence-electron chi connectivity index (χ4n) is 7.02. The van der Waals surface area contributed by atoms with Crippen LogP contribution in [0.4, 0.5) is 35.5 Å². The van der Waals surface area contributed by atoms with E-state index in [1.54, 1.807) is 24.8 Å². The number of likely N-dealkylation sites (tertiary alicyclic amines) is 2. The Morgan fingerprint density at radius 3 is 2.29 bits per heavy atom. The van der Waals surface area contributed by atoms with E-state index in [2.05, 4.69) is 4.90 Å². The van der Waals surface area contributed by atoms with Crippen LogP contribution < -0.4 is 0 Å². The number of piperidine rings is 2. The normalized spacial score (nSPS) is 25.9. The van der Waals surface area contributed by atoms with Gasteiger partial charge in [0.25, 0.3) is 0 Å². The number of esters is 1. The number of benzene rings is 2. The van der Waals surface area contributed by atoms with Gasteiger partial charge in [-0.15, -0.1) is 0 Å². The number of amides is 2. The Balaban J connectivity index is 1.41. The molecule has 5 atom stereocenters. The molecular formula is C32H36F7N3O3. The van der Waals surface area contributed by atoms with Crippen LogP contribution in [-0.2, 0) is 21.9 Å². The monoisotopic (exact) mass is 643 g/mol. The highest BCUT2D eigenvalue weighted by Crippen LogP contribution is 2.59. The molecule has 1 saturated carbocycles. The highest BCUT2D eigenvalue weighted by atomic mass is 19.4. The van der Waals surface area contributed by atoms with E-state index in [1.807, 2.05) is 0 Å². The van der Waals surface area contributed by atoms with Gasteiger partial charge in [-0.05, 0) is 93.0 Å². The maximum Gasteiger partial charge on any atom is 0.416 e. The second kappa shape index (κ2) is 11.8. The standard InChI is InChI=1S/C32H36F7N3O3/c1-5-45-28(43)30-15-23(30)16-41(17-30)25-8-9-42(27(14-25)26-7-6-24(33)10-18(26)2)29(44)40(4)19(3)20-11-21(31(34,35)36)13-22(12-20)32(37,38)39/h6-7,10-13,19,23,25,27H,5,8-9,14-17H2,1-4H3/t19-,23?,25-,27+,30?/m0/s1. The molecular weight excluding hydrogens is 607 g/mol. The molecule has 3 fully saturated rings. The fourth-order valence-corrected chi connectivity index (χ4v) is 7.02. The van der Waals surface area contributed by atoms with Crippen molar-refractivity contribution in [2.45, 2.75) is 70.5 Å². The van der Waals surface area contributed by atoms with E-state index in [0.29, 0.717) is 55.8 Å². The smallest absolute Gasteiger partial charge is 0.416 e. The first-order valence-corrected chi connectivity index (χ1v) is 15.0. The highest BCUT2D eigenvalue weighted by molar-refractivity contribution is 5.81. The number of urea groups is 1. The summed E-state index contributed by atoms with van der Waals surface area (Å²) in [5, 5.41) is 0. The SMILES string of the molecule is CCOC(=O)C12CC1CN([C@H]1CCN(C(=O)N(C)[C@@H](C)c3cc(C(F)(F)F)cc(C(F)(F)F)c3)[C@@H](c3ccc(F)cc3C)C1)C2. The molecule has 246 valence electrons. The van der Waals surface area contributed by atoms with Gasteiger partial charge in [-0.25, -0.2) is 9.18 Å². The molecule has 2 aromatic rings. The van der Waals surface area contributed by atoms with Gasteiger partial charge in [0.1, 0.15) is 5.82 Å². The molecule has 2 amide bonds. The van der Waals surface area contributed by atoms with E-state index in [1.165, 1.54) is 26.1 Å². The van der Waals surface area contributed by atoms with Crippen LogP contribution in [-0.4, -0.2) is 66.0 Å². The van der Waals surface area contributed by atoms with Crippen molar-refractivity contribution in [2.75, 3.05) is 33.3 Å². The summed E-state index contributed by atoms with van der Waals surface area (Å²) in [5.41, 5.74) is -2.43. The Labute approximate surface area is 257 Å². The molecule has 0 N–H and O–H groups in total. The minimum Gasteiger partial charge on any atom is -0.466 e. The lowest BCUT2D eigenvalue weighted by Crippen LogP contribution is -2.52. The third kappa shape index (κ3) is 6.37. The number of ether oxygens (including phenoxy) is 1. The number of hydrogen-bond acceptors (Lipinski definition) is 4. The van der Waals surface area contributed by atoms with Gasteiger partial charge < -0.3 is 14.5 Å². The van der Waals surface area contributed by atoms with Crippen LogP contribution in [0.15, 0.2) is 36.4 Å². The van der Waals surface area contributed by atoms with Crippen LogP contribution in [0, 0.1) is 24.1 Å². The summed E-state index contributed by atoms with van der Waals surface area (Å²) in [6.45, 7) is 6.65. The average Bonchev–Trinajstić information content (AvgIpc) is 3.55. The minimum atomic E-state index is -5.02. The van der Waals surface area contributed by atoms with Crippen LogP contribution in [0.1, 0.15) is 73.0 Å². The molecule has 2 aliphatic heterocycles. The van der Waals surface area contributed by atoms with Crippen LogP contribution in [0.5, 0.6) is 0 Å². The summed E-state index contributed by atoms with van der Waals surface area (Å²) in [5.74, 6) is -0.452. The Morgan fingerprint density at radius 1 is 1.07 bits per heavy atom. The first-order valence-electron chi connectivity index (χ1n) is 15.0. The van der Waals surface area contributed by atoms with Crippen molar-refractivity contribution in [3.63, 3.8) is 0 Å². The highest BCUT2D eigenvalue weighted by Gasteiger charge is 2.66. The number of carbonyl (C=O) groups is 2. The molecule has 2 unspecified atom stereocenters. The summed E-state index contributed by atoms with van der Waals surface area (Å²) < 4.78 is 101. The molecule has 2 heterocycles. The lowest BCUT2D eigenvalue weighted by molar-refractivity contribution is -0.150. The van der Waals surface area contributed by atoms with Gasteiger partial charge in [0.05, 0.1) is 35.2 Å². The van der Waals surface area contributed by atoms with Crippen molar-refractivity contribution in [2.24, 2.45) is 11.3 Å². The van der Waals surface area contributed by atoms with E-state index in [9.17, 15) is 40.3 Å². The molecule has 0 spiro atoms. The lowest BCUT2D eigenvalue weighted by atomic mass is 9.88. The van der Waals surface area contributed by atoms with Crippen LogP contribution >= 0.6 is 0 Å². The second-order valence-corrected chi connectivity index (χ2v) is 12.5. The molecule has 45 heavy (non-hydrogen) atoms. The van der Waals surface area contributed by atoms with Gasteiger partial charge in [-0.2, -0.15) is 26.3 Å². The zero-order chi connectivity index (χ0) is 33.1. The molecule has 5 rings (SSSR count). The molecule has 13 heteroatoms. The largest absolute Gasteiger partial charge is 0.466 e. The molecule has 6 nitrogen and oxygen atoms in total. The molecule has 2 saturated heterocycles. The maximum atomic E-state index is 14.1. The quantitative estimate of drug-likeness (QED) is 0.244. The molecule has 3 aliphatic rings. The Kier molecular flexibility index (Phi) is 8.65. The van der Waals surface area contributed by atoms with E-state index in [0.717, 1.165) is 11.3 Å². The maximum absolute atomic E-state index is 14.1. The van der Waals surface area contributed by atoms with E-state index < -0.39 is 52.8 Å². The second-order valence-electron chi connectivity index (χ2n) is 12.5. The van der Waals surface area contributed by atoms with E-state index in [4.69, 9.17) is 4.74 Å². The van der Waals surface area contributed by atoms with E-state index >= 15 is 0 Å². The van der Waals surface area contributed by atoms with Crippen molar-refractivity contribution < 1.29 is 45.1 Å². The molecule has 1 aliphatic carbocycles. The van der Waals surface area contributed by atoms with Gasteiger partial charge in [0.2, 0.25) is 0 Å². The average molecular weight is 644 g/mol. The number of aryl methyl sites for hydroxylation is 1. The molecule has 2 aromatic carbocycles. The summed E-state index contributed by atoms with van der Waals surface area (Å²) >= 11 is 0. The van der Waals surface area contributed by atoms with Gasteiger partial charge in [-0.1, -0.05) is 6.07 Å². The van der Waals surface area contributed by atoms with Crippen molar-refractivity contribution >= 4 is 12.0 Å². The predicted molar refractivity (Wildman–Crippen MR) is 150 cm³/mol. The predicted octanol–water partition coefficient (Wildman–Crippen LogP) is 7.38. The third-order valence-corrected chi connectivity index (χ3v) is 9.76. The topological polar surface area (TPSA) is 53.1 Å². The van der Waals surface area contributed by atoms with Crippen molar-refractivity contribution in [3.8, 4) is 0 Å². The molecule has 0 radical (unpaired) electrons. The zero-order valence-electron chi connectivity index (χ0n) is 25.4. The summed E-state index contributed by atoms with van der Waals surface area (Å²) in [7, 11) is 1.35. The fraction of sp³-hybridized carbons (Fsp3) is 0.562. The Hall–Kier alpha value is -3.35. The Morgan fingerprint density at radius 2 is 1.71 bits per heavy atom. The summed E-state index contributed by atoms with van der Waals surface area (Å²) in [6.07, 6.45) is -8.28. The first kappa shape index (κ1) is 33.0. The van der Waals surface area contributed by atoms with Gasteiger partial charge in [0.15, 0.2) is 0 Å². The Bertz CT molecular complexity index is 1430. The number of halogens is 7. The number of nitrogens with zero attached hydrogens (tertiary/aromatic N) is 3. The number of alkyl halides is 6. The third-order valence-electron chi connectivity index (χ3n) is 9.76. The minimum absolute atomic E-state index is 0.0110. The molecule has 0 bridgehead atoms. The van der Waals surface area contributed by atoms with Crippen molar-refractivity contribution in [1.82, 2.24) is 14.7 Å². The van der Waals surface area contributed by atoms with E-state index in [-0.39, 0.29) is 36.1 Å². The van der Waals surface area contributed by atoms with Crippen LogP contribution in [0.3, 0.4) is 0 Å². The van der Waals surface area contributed by atoms with Crippen molar-refractivity contribution in [3.05, 3.63) is 70.0 Å². The van der Waals surface area contributed by atoms with Crippen LogP contribution in [0.2, 0.25) is 0 Å². The van der Waals surface area contributed by atoms with Gasteiger partial charge >= 0.3 is 24.4 Å². The van der Waals surface area contributed by atoms with Gasteiger partial charge in [0, 0.05) is 32.7 Å². The lowest BCUT2D eigenvalue weighted by Gasteiger charge is -2.45. The zero-order valence-corrected chi connectivity index (χ0v) is 25.4. The summed E-state index contributed by atoms with van der Waals surface area (Å²) in [4.78, 5) is 31.6. The number of carbonyl (C=O) groups excluding carboxylic acids is 2. The van der Waals surface area contributed by atoms with Crippen LogP contribution in [0.25, 0.3) is 0 Å². The number of hydrogen-bond donors (Lipinski definition) is 0. The van der Waals surface area contributed by atoms with Gasteiger partial charge in [-0.3, -0.25) is 9.69 Å². The first-order chi connectivity index (χ1) is 21.0. The number of fused-ring (bicyclic) bond motifs is 1. The van der Waals surface area contributed by atoms with Crippen molar-refractivity contribution in [1.29, 1.82) is 0 Å². The number of rotatable bonds is 6.